The number of hydrogen-bond donors (Lipinski definition) is 1. The summed E-state index contributed by atoms with van der Waals surface area (Å²) in [5.74, 6) is -0.157. The summed E-state index contributed by atoms with van der Waals surface area (Å²) in [7, 11) is 2.08. The van der Waals surface area contributed by atoms with Crippen molar-refractivity contribution in [2.75, 3.05) is 33.2 Å². The second-order valence-electron chi connectivity index (χ2n) is 4.09. The number of piperazine rings is 1. The summed E-state index contributed by atoms with van der Waals surface area (Å²) in [6, 6.07) is 3.51. The first-order chi connectivity index (χ1) is 8.15. The van der Waals surface area contributed by atoms with E-state index < -0.39 is 0 Å². The Morgan fingerprint density at radius 1 is 1.41 bits per heavy atom. The number of aromatic nitrogens is 1. The molecule has 0 radical (unpaired) electrons. The molecule has 0 aromatic carbocycles. The van der Waals surface area contributed by atoms with E-state index in [2.05, 4.69) is 38.3 Å². The highest BCUT2D eigenvalue weighted by Crippen LogP contribution is 2.09. The fourth-order valence-corrected chi connectivity index (χ4v) is 1.98. The Hall–Kier alpha value is -0.980. The number of likely N-dealkylation sites (N-methyl/N-ethyl adjacent to an activating group) is 1. The van der Waals surface area contributed by atoms with Gasteiger partial charge in [0, 0.05) is 36.8 Å². The van der Waals surface area contributed by atoms with Crippen LogP contribution in [0.15, 0.2) is 22.8 Å². The molecule has 92 valence electrons. The van der Waals surface area contributed by atoms with E-state index in [-0.39, 0.29) is 5.91 Å². The molecule has 0 bridgehead atoms. The van der Waals surface area contributed by atoms with Gasteiger partial charge in [0.25, 0.3) is 5.91 Å². The molecule has 6 heteroatoms. The molecule has 2 rings (SSSR count). The van der Waals surface area contributed by atoms with E-state index in [0.29, 0.717) is 5.69 Å². The van der Waals surface area contributed by atoms with E-state index in [0.717, 1.165) is 30.7 Å². The molecule has 1 aliphatic heterocycles. The normalized spacial score (nSPS) is 18.0. The maximum absolute atomic E-state index is 11.9. The maximum Gasteiger partial charge on any atom is 0.284 e. The van der Waals surface area contributed by atoms with Gasteiger partial charge in [-0.25, -0.2) is 5.01 Å². The number of nitrogens with one attached hydrogen (secondary N) is 1. The van der Waals surface area contributed by atoms with E-state index in [1.54, 1.807) is 18.3 Å². The monoisotopic (exact) mass is 298 g/mol. The minimum atomic E-state index is -0.157. The molecule has 1 aromatic heterocycles. The summed E-state index contributed by atoms with van der Waals surface area (Å²) in [5, 5.41) is 1.94. The lowest BCUT2D eigenvalue weighted by Gasteiger charge is -2.32. The quantitative estimate of drug-likeness (QED) is 0.875. The van der Waals surface area contributed by atoms with Gasteiger partial charge in [0.1, 0.15) is 5.69 Å². The zero-order valence-corrected chi connectivity index (χ0v) is 11.3. The Bertz CT molecular complexity index is 404. The SMILES string of the molecule is CN1CCN(NC(=O)c2cc(Br)ccn2)CC1. The zero-order valence-electron chi connectivity index (χ0n) is 9.69. The number of halogens is 1. The molecule has 1 N–H and O–H groups in total. The molecule has 2 heterocycles. The summed E-state index contributed by atoms with van der Waals surface area (Å²) in [4.78, 5) is 18.2. The molecule has 0 aliphatic carbocycles. The fraction of sp³-hybridized carbons (Fsp3) is 0.455. The molecule has 5 nitrogen and oxygen atoms in total. The van der Waals surface area contributed by atoms with Gasteiger partial charge >= 0.3 is 0 Å². The largest absolute Gasteiger partial charge is 0.304 e. The van der Waals surface area contributed by atoms with Crippen LogP contribution in [0, 0.1) is 0 Å². The number of hydrogen-bond acceptors (Lipinski definition) is 4. The van der Waals surface area contributed by atoms with Crippen molar-refractivity contribution in [2.45, 2.75) is 0 Å². The van der Waals surface area contributed by atoms with Crippen molar-refractivity contribution in [3.8, 4) is 0 Å². The first-order valence-corrected chi connectivity index (χ1v) is 6.30. The standard InChI is InChI=1S/C11H15BrN4O/c1-15-4-6-16(7-5-15)14-11(17)10-8-9(12)2-3-13-10/h2-3,8H,4-7H2,1H3,(H,14,17). The van der Waals surface area contributed by atoms with Crippen molar-refractivity contribution in [1.29, 1.82) is 0 Å². The van der Waals surface area contributed by atoms with Crippen molar-refractivity contribution in [3.05, 3.63) is 28.5 Å². The van der Waals surface area contributed by atoms with Crippen LogP contribution in [0.2, 0.25) is 0 Å². The fourth-order valence-electron chi connectivity index (χ4n) is 1.65. The summed E-state index contributed by atoms with van der Waals surface area (Å²) >= 11 is 3.32. The Kier molecular flexibility index (Phi) is 4.09. The Morgan fingerprint density at radius 2 is 2.12 bits per heavy atom. The predicted octanol–water partition coefficient (Wildman–Crippen LogP) is 0.736. The molecule has 0 atom stereocenters. The molecule has 1 aromatic rings. The van der Waals surface area contributed by atoms with Crippen LogP contribution in [-0.4, -0.2) is 54.0 Å². The average molecular weight is 299 g/mol. The number of carbonyl (C=O) groups excluding carboxylic acids is 1. The molecule has 1 fully saturated rings. The van der Waals surface area contributed by atoms with Gasteiger partial charge in [-0.3, -0.25) is 15.2 Å². The Labute approximate surface area is 109 Å². The number of hydrazine groups is 1. The van der Waals surface area contributed by atoms with Gasteiger partial charge in [-0.15, -0.1) is 0 Å². The summed E-state index contributed by atoms with van der Waals surface area (Å²) in [5.41, 5.74) is 3.30. The summed E-state index contributed by atoms with van der Waals surface area (Å²) in [6.07, 6.45) is 1.61. The highest BCUT2D eigenvalue weighted by Gasteiger charge is 2.17. The Balaban J connectivity index is 1.93. The van der Waals surface area contributed by atoms with Crippen LogP contribution in [0.25, 0.3) is 0 Å². The summed E-state index contributed by atoms with van der Waals surface area (Å²) < 4.78 is 0.857. The van der Waals surface area contributed by atoms with Crippen LogP contribution >= 0.6 is 15.9 Å². The minimum Gasteiger partial charge on any atom is -0.304 e. The van der Waals surface area contributed by atoms with Crippen molar-refractivity contribution < 1.29 is 4.79 Å². The van der Waals surface area contributed by atoms with Crippen molar-refractivity contribution >= 4 is 21.8 Å². The summed E-state index contributed by atoms with van der Waals surface area (Å²) in [6.45, 7) is 3.62. The molecule has 1 aliphatic rings. The van der Waals surface area contributed by atoms with Gasteiger partial charge in [-0.2, -0.15) is 0 Å². The zero-order chi connectivity index (χ0) is 12.3. The topological polar surface area (TPSA) is 48.5 Å². The van der Waals surface area contributed by atoms with Gasteiger partial charge in [0.2, 0.25) is 0 Å². The van der Waals surface area contributed by atoms with Gasteiger partial charge < -0.3 is 4.90 Å². The van der Waals surface area contributed by atoms with E-state index in [4.69, 9.17) is 0 Å². The lowest BCUT2D eigenvalue weighted by molar-refractivity contribution is 0.0657. The second kappa shape index (κ2) is 5.57. The second-order valence-corrected chi connectivity index (χ2v) is 5.01. The van der Waals surface area contributed by atoms with Gasteiger partial charge in [-0.1, -0.05) is 15.9 Å². The van der Waals surface area contributed by atoms with Gasteiger partial charge in [0.05, 0.1) is 0 Å². The van der Waals surface area contributed by atoms with Crippen LogP contribution in [0.1, 0.15) is 10.5 Å². The third-order valence-corrected chi connectivity index (χ3v) is 3.21. The Morgan fingerprint density at radius 3 is 2.76 bits per heavy atom. The number of amides is 1. The molecule has 1 saturated heterocycles. The first kappa shape index (κ1) is 12.5. The molecular weight excluding hydrogens is 284 g/mol. The highest BCUT2D eigenvalue weighted by molar-refractivity contribution is 9.10. The molecule has 17 heavy (non-hydrogen) atoms. The molecule has 0 saturated carbocycles. The first-order valence-electron chi connectivity index (χ1n) is 5.51. The van der Waals surface area contributed by atoms with E-state index >= 15 is 0 Å². The van der Waals surface area contributed by atoms with E-state index in [9.17, 15) is 4.79 Å². The molecule has 0 spiro atoms. The average Bonchev–Trinajstić information content (AvgIpc) is 2.32. The van der Waals surface area contributed by atoms with Crippen LogP contribution in [-0.2, 0) is 0 Å². The van der Waals surface area contributed by atoms with Crippen LogP contribution in [0.4, 0.5) is 0 Å². The van der Waals surface area contributed by atoms with Gasteiger partial charge in [-0.05, 0) is 19.2 Å². The third kappa shape index (κ3) is 3.49. The molecule has 0 unspecified atom stereocenters. The third-order valence-electron chi connectivity index (χ3n) is 2.72. The predicted molar refractivity (Wildman–Crippen MR) is 68.5 cm³/mol. The highest BCUT2D eigenvalue weighted by atomic mass is 79.9. The number of rotatable bonds is 2. The van der Waals surface area contributed by atoms with Crippen molar-refractivity contribution in [2.24, 2.45) is 0 Å². The maximum atomic E-state index is 11.9. The van der Waals surface area contributed by atoms with E-state index in [1.807, 2.05) is 5.01 Å². The molecule has 1 amide bonds. The number of pyridine rings is 1. The molecular formula is C11H15BrN4O. The number of carbonyl (C=O) groups is 1. The lowest BCUT2D eigenvalue weighted by atomic mass is 10.3. The smallest absolute Gasteiger partial charge is 0.284 e. The van der Waals surface area contributed by atoms with Crippen LogP contribution in [0.5, 0.6) is 0 Å². The minimum absolute atomic E-state index is 0.157. The number of nitrogens with zero attached hydrogens (tertiary/aromatic N) is 3. The van der Waals surface area contributed by atoms with Crippen molar-refractivity contribution in [1.82, 2.24) is 20.3 Å². The van der Waals surface area contributed by atoms with E-state index in [1.165, 1.54) is 0 Å². The van der Waals surface area contributed by atoms with Crippen LogP contribution < -0.4 is 5.43 Å². The lowest BCUT2D eigenvalue weighted by Crippen LogP contribution is -2.52. The van der Waals surface area contributed by atoms with Crippen molar-refractivity contribution in [3.63, 3.8) is 0 Å². The van der Waals surface area contributed by atoms with Gasteiger partial charge in [0.15, 0.2) is 0 Å². The van der Waals surface area contributed by atoms with Crippen LogP contribution in [0.3, 0.4) is 0 Å².